The van der Waals surface area contributed by atoms with E-state index in [-0.39, 0.29) is 0 Å². The van der Waals surface area contributed by atoms with E-state index in [1.165, 1.54) is 20.2 Å². The van der Waals surface area contributed by atoms with Gasteiger partial charge in [-0.25, -0.2) is 0 Å². The molecule has 1 heterocycles. The highest BCUT2D eigenvalue weighted by Gasteiger charge is 2.13. The summed E-state index contributed by atoms with van der Waals surface area (Å²) in [5, 5.41) is 0.372. The molecule has 1 atom stereocenters. The molecule has 1 nitrogen and oxygen atoms in total. The van der Waals surface area contributed by atoms with Crippen molar-refractivity contribution >= 4 is 23.1 Å². The van der Waals surface area contributed by atoms with Gasteiger partial charge in [-0.1, -0.05) is 17.7 Å². The highest BCUT2D eigenvalue weighted by Crippen LogP contribution is 2.37. The minimum atomic E-state index is 0.372. The number of aryl methyl sites for hydroxylation is 2. The third-order valence-electron chi connectivity index (χ3n) is 2.59. The molecule has 0 aliphatic carbocycles. The molecule has 2 rings (SSSR count). The fraction of sp³-hybridized carbons (Fsp3) is 0.286. The maximum Gasteiger partial charge on any atom is 0.0560 e. The zero-order valence-corrected chi connectivity index (χ0v) is 11.8. The standard InChI is InChI=1S/C14H17NS2/c1-10-3-6-12(7-4-10)17-14(9-15)13-8-5-11(2)16-13/h3-8,14H,9,15H2,1-2H3. The Morgan fingerprint density at radius 2 is 1.82 bits per heavy atom. The van der Waals surface area contributed by atoms with E-state index in [1.54, 1.807) is 0 Å². The number of thiophene rings is 1. The van der Waals surface area contributed by atoms with Gasteiger partial charge in [0.2, 0.25) is 0 Å². The van der Waals surface area contributed by atoms with Gasteiger partial charge in [-0.05, 0) is 38.1 Å². The number of hydrogen-bond donors (Lipinski definition) is 1. The van der Waals surface area contributed by atoms with Gasteiger partial charge in [0, 0.05) is 21.2 Å². The van der Waals surface area contributed by atoms with Crippen LogP contribution in [0.4, 0.5) is 0 Å². The van der Waals surface area contributed by atoms with Crippen molar-refractivity contribution in [3.05, 3.63) is 51.7 Å². The summed E-state index contributed by atoms with van der Waals surface area (Å²) in [6, 6.07) is 13.0. The quantitative estimate of drug-likeness (QED) is 0.838. The largest absolute Gasteiger partial charge is 0.329 e. The zero-order valence-electron chi connectivity index (χ0n) is 10.1. The Hall–Kier alpha value is -0.770. The Balaban J connectivity index is 2.12. The molecule has 0 spiro atoms. The topological polar surface area (TPSA) is 26.0 Å². The molecular formula is C14H17NS2. The zero-order chi connectivity index (χ0) is 12.3. The highest BCUT2D eigenvalue weighted by molar-refractivity contribution is 7.99. The first-order chi connectivity index (χ1) is 8.19. The predicted octanol–water partition coefficient (Wildman–Crippen LogP) is 4.16. The molecule has 1 unspecified atom stereocenters. The molecule has 90 valence electrons. The van der Waals surface area contributed by atoms with Crippen LogP contribution in [0.5, 0.6) is 0 Å². The molecule has 0 amide bonds. The van der Waals surface area contributed by atoms with Crippen LogP contribution < -0.4 is 5.73 Å². The summed E-state index contributed by atoms with van der Waals surface area (Å²) in [6.07, 6.45) is 0. The van der Waals surface area contributed by atoms with Crippen LogP contribution in [0.15, 0.2) is 41.3 Å². The van der Waals surface area contributed by atoms with Gasteiger partial charge in [0.15, 0.2) is 0 Å². The molecule has 2 N–H and O–H groups in total. The second-order valence-corrected chi connectivity index (χ2v) is 6.70. The van der Waals surface area contributed by atoms with Crippen molar-refractivity contribution in [2.24, 2.45) is 5.73 Å². The maximum absolute atomic E-state index is 5.88. The summed E-state index contributed by atoms with van der Waals surface area (Å²) in [5.74, 6) is 0. The number of benzene rings is 1. The second kappa shape index (κ2) is 5.71. The van der Waals surface area contributed by atoms with Gasteiger partial charge in [-0.2, -0.15) is 0 Å². The van der Waals surface area contributed by atoms with Gasteiger partial charge in [0.1, 0.15) is 0 Å². The average Bonchev–Trinajstić information content (AvgIpc) is 2.75. The third kappa shape index (κ3) is 3.35. The Labute approximate surface area is 111 Å². The lowest BCUT2D eigenvalue weighted by atomic mass is 10.2. The van der Waals surface area contributed by atoms with Crippen LogP contribution in [0, 0.1) is 13.8 Å². The van der Waals surface area contributed by atoms with E-state index in [1.807, 2.05) is 23.1 Å². The third-order valence-corrected chi connectivity index (χ3v) is 5.13. The van der Waals surface area contributed by atoms with Crippen molar-refractivity contribution < 1.29 is 0 Å². The van der Waals surface area contributed by atoms with Crippen molar-refractivity contribution in [3.63, 3.8) is 0 Å². The minimum Gasteiger partial charge on any atom is -0.329 e. The average molecular weight is 263 g/mol. The first kappa shape index (κ1) is 12.7. The Kier molecular flexibility index (Phi) is 4.26. The van der Waals surface area contributed by atoms with Crippen molar-refractivity contribution in [1.29, 1.82) is 0 Å². The number of thioether (sulfide) groups is 1. The van der Waals surface area contributed by atoms with E-state index in [0.29, 0.717) is 11.8 Å². The predicted molar refractivity (Wildman–Crippen MR) is 77.9 cm³/mol. The molecule has 0 saturated carbocycles. The molecule has 0 aliphatic heterocycles. The fourth-order valence-electron chi connectivity index (χ4n) is 1.63. The molecule has 0 bridgehead atoms. The molecule has 0 saturated heterocycles. The molecule has 1 aromatic carbocycles. The molecule has 1 aromatic heterocycles. The van der Waals surface area contributed by atoms with Crippen LogP contribution >= 0.6 is 23.1 Å². The smallest absolute Gasteiger partial charge is 0.0560 e. The van der Waals surface area contributed by atoms with Crippen LogP contribution in [-0.4, -0.2) is 6.54 Å². The first-order valence-corrected chi connectivity index (χ1v) is 7.38. The molecule has 17 heavy (non-hydrogen) atoms. The van der Waals surface area contributed by atoms with Gasteiger partial charge >= 0.3 is 0 Å². The van der Waals surface area contributed by atoms with Gasteiger partial charge in [-0.3, -0.25) is 0 Å². The number of hydrogen-bond acceptors (Lipinski definition) is 3. The van der Waals surface area contributed by atoms with Crippen molar-refractivity contribution in [2.75, 3.05) is 6.54 Å². The van der Waals surface area contributed by atoms with Gasteiger partial charge in [-0.15, -0.1) is 23.1 Å². The molecular weight excluding hydrogens is 246 g/mol. The molecule has 0 fully saturated rings. The van der Waals surface area contributed by atoms with Gasteiger partial charge in [0.05, 0.1) is 5.25 Å². The Bertz CT molecular complexity index is 473. The second-order valence-electron chi connectivity index (χ2n) is 4.10. The lowest BCUT2D eigenvalue weighted by Gasteiger charge is -2.12. The van der Waals surface area contributed by atoms with E-state index in [9.17, 15) is 0 Å². The van der Waals surface area contributed by atoms with Crippen LogP contribution in [0.1, 0.15) is 20.6 Å². The minimum absolute atomic E-state index is 0.372. The fourth-order valence-corrected chi connectivity index (χ4v) is 3.70. The maximum atomic E-state index is 5.88. The van der Waals surface area contributed by atoms with Crippen molar-refractivity contribution in [2.45, 2.75) is 24.0 Å². The number of rotatable bonds is 4. The van der Waals surface area contributed by atoms with Gasteiger partial charge < -0.3 is 5.73 Å². The van der Waals surface area contributed by atoms with E-state index < -0.39 is 0 Å². The molecule has 3 heteroatoms. The lowest BCUT2D eigenvalue weighted by Crippen LogP contribution is -2.07. The summed E-state index contributed by atoms with van der Waals surface area (Å²) in [7, 11) is 0. The Morgan fingerprint density at radius 1 is 1.12 bits per heavy atom. The van der Waals surface area contributed by atoms with Crippen LogP contribution in [0.25, 0.3) is 0 Å². The van der Waals surface area contributed by atoms with Gasteiger partial charge in [0.25, 0.3) is 0 Å². The monoisotopic (exact) mass is 263 g/mol. The van der Waals surface area contributed by atoms with E-state index in [4.69, 9.17) is 5.73 Å². The molecule has 2 aromatic rings. The van der Waals surface area contributed by atoms with E-state index >= 15 is 0 Å². The Morgan fingerprint density at radius 3 is 2.35 bits per heavy atom. The SMILES string of the molecule is Cc1ccc(SC(CN)c2ccc(C)s2)cc1. The highest BCUT2D eigenvalue weighted by atomic mass is 32.2. The van der Waals surface area contributed by atoms with Crippen LogP contribution in [0.3, 0.4) is 0 Å². The first-order valence-electron chi connectivity index (χ1n) is 5.69. The lowest BCUT2D eigenvalue weighted by molar-refractivity contribution is 0.960. The summed E-state index contributed by atoms with van der Waals surface area (Å²) in [6.45, 7) is 4.92. The van der Waals surface area contributed by atoms with Crippen LogP contribution in [0.2, 0.25) is 0 Å². The summed E-state index contributed by atoms with van der Waals surface area (Å²) >= 11 is 3.69. The summed E-state index contributed by atoms with van der Waals surface area (Å²) in [4.78, 5) is 4.01. The van der Waals surface area contributed by atoms with E-state index in [2.05, 4.69) is 50.2 Å². The van der Waals surface area contributed by atoms with Crippen LogP contribution in [-0.2, 0) is 0 Å². The molecule has 0 aliphatic rings. The summed E-state index contributed by atoms with van der Waals surface area (Å²) < 4.78 is 0. The van der Waals surface area contributed by atoms with Crippen molar-refractivity contribution in [1.82, 2.24) is 0 Å². The normalized spacial score (nSPS) is 12.6. The van der Waals surface area contributed by atoms with Crippen molar-refractivity contribution in [3.8, 4) is 0 Å². The number of nitrogens with two attached hydrogens (primary N) is 1. The molecule has 0 radical (unpaired) electrons. The van der Waals surface area contributed by atoms with E-state index in [0.717, 1.165) is 0 Å². The summed E-state index contributed by atoms with van der Waals surface area (Å²) in [5.41, 5.74) is 7.17.